The first-order valence-electron chi connectivity index (χ1n) is 5.97. The Balaban J connectivity index is 1.78. The number of aromatic nitrogens is 1. The van der Waals surface area contributed by atoms with E-state index in [1.165, 1.54) is 0 Å². The van der Waals surface area contributed by atoms with Crippen LogP contribution < -0.4 is 4.59 Å². The van der Waals surface area contributed by atoms with Gasteiger partial charge < -0.3 is 0 Å². The topological polar surface area (TPSA) is 25.2 Å². The monoisotopic (exact) mass is 288 g/mol. The molecule has 1 heterocycles. The maximum atomic E-state index is 4.60. The number of hydrogen-bond donors (Lipinski definition) is 0. The molecule has 1 aromatic carbocycles. The number of aliphatic imine (C=N–C) groups is 1. The fourth-order valence-electron chi connectivity index (χ4n) is 1.78. The van der Waals surface area contributed by atoms with Crippen molar-refractivity contribution in [2.24, 2.45) is 4.99 Å². The van der Waals surface area contributed by atoms with Gasteiger partial charge in [0.05, 0.1) is 0 Å². The minimum absolute atomic E-state index is 0.774. The Hall–Kier alpha value is -1.92. The Labute approximate surface area is 118 Å². The third-order valence-electron chi connectivity index (χ3n) is 2.63. The third-order valence-corrected chi connectivity index (χ3v) is 3.74. The van der Waals surface area contributed by atoms with E-state index in [0.29, 0.717) is 0 Å². The predicted octanol–water partition coefficient (Wildman–Crippen LogP) is 3.18. The van der Waals surface area contributed by atoms with Crippen LogP contribution in [0.5, 0.6) is 0 Å². The summed E-state index contributed by atoms with van der Waals surface area (Å²) in [5.74, 6) is 0. The SMILES string of the molecule is C[C](=Nc1ccccc1)[Fe][c]1ccc2c(n1)C=C=C2. The second-order valence-electron chi connectivity index (χ2n) is 4.07. The molecule has 0 N–H and O–H groups in total. The number of benzene rings is 1. The van der Waals surface area contributed by atoms with E-state index in [1.54, 1.807) is 0 Å². The molecule has 0 atom stereocenters. The van der Waals surface area contributed by atoms with E-state index < -0.39 is 0 Å². The molecule has 1 aromatic heterocycles. The van der Waals surface area contributed by atoms with Crippen molar-refractivity contribution in [3.8, 4) is 0 Å². The summed E-state index contributed by atoms with van der Waals surface area (Å²) in [5, 5.41) is 0. The molecule has 1 aliphatic rings. The van der Waals surface area contributed by atoms with Gasteiger partial charge in [-0.25, -0.2) is 0 Å². The zero-order chi connectivity index (χ0) is 13.1. The summed E-state index contributed by atoms with van der Waals surface area (Å²) in [4.78, 5) is 9.20. The third kappa shape index (κ3) is 2.91. The van der Waals surface area contributed by atoms with E-state index in [9.17, 15) is 0 Å². The van der Waals surface area contributed by atoms with Gasteiger partial charge in [0.25, 0.3) is 0 Å². The van der Waals surface area contributed by atoms with E-state index in [4.69, 9.17) is 0 Å². The fourth-order valence-corrected chi connectivity index (χ4v) is 2.77. The van der Waals surface area contributed by atoms with Crippen LogP contribution >= 0.6 is 0 Å². The van der Waals surface area contributed by atoms with Crippen molar-refractivity contribution >= 4 is 27.0 Å². The van der Waals surface area contributed by atoms with Crippen LogP contribution in [-0.4, -0.2) is 9.59 Å². The van der Waals surface area contributed by atoms with E-state index in [1.807, 2.05) is 49.4 Å². The minimum atomic E-state index is 0.774. The van der Waals surface area contributed by atoms with Gasteiger partial charge in [-0.15, -0.1) is 0 Å². The fraction of sp³-hybridized carbons (Fsp3) is 0.0625. The molecule has 0 unspecified atom stereocenters. The molecule has 0 spiro atoms. The first-order chi connectivity index (χ1) is 9.31. The second-order valence-corrected chi connectivity index (χ2v) is 5.71. The molecule has 0 saturated heterocycles. The number of hydrogen-bond acceptors (Lipinski definition) is 2. The first-order valence-corrected chi connectivity index (χ1v) is 7.08. The van der Waals surface area contributed by atoms with Gasteiger partial charge in [-0.1, -0.05) is 0 Å². The van der Waals surface area contributed by atoms with Gasteiger partial charge in [0.2, 0.25) is 0 Å². The van der Waals surface area contributed by atoms with Crippen molar-refractivity contribution in [1.82, 2.24) is 4.98 Å². The van der Waals surface area contributed by atoms with E-state index >= 15 is 0 Å². The summed E-state index contributed by atoms with van der Waals surface area (Å²) in [7, 11) is 0. The Morgan fingerprint density at radius 2 is 1.95 bits per heavy atom. The number of nitrogens with zero attached hydrogens (tertiary/aromatic N) is 2. The molecule has 0 bridgehead atoms. The average molecular weight is 288 g/mol. The Bertz CT molecular complexity index is 696. The molecule has 0 radical (unpaired) electrons. The molecule has 0 saturated carbocycles. The average Bonchev–Trinajstić information content (AvgIpc) is 2.87. The van der Waals surface area contributed by atoms with Crippen LogP contribution in [0.15, 0.2) is 53.2 Å². The normalized spacial score (nSPS) is 13.0. The molecular weight excluding hydrogens is 276 g/mol. The van der Waals surface area contributed by atoms with Crippen LogP contribution in [0.25, 0.3) is 12.2 Å². The van der Waals surface area contributed by atoms with Gasteiger partial charge in [0, 0.05) is 0 Å². The van der Waals surface area contributed by atoms with Crippen molar-refractivity contribution in [2.45, 2.75) is 6.92 Å². The standard InChI is InChI=1S/C8H4N.C8H8N.Fe/c1-3-7-4-2-6-9-8(7)5-1;1-2-9-8-6-4-3-5-7-8;/h2-5H;3-7H,1H3;. The van der Waals surface area contributed by atoms with Crippen LogP contribution in [0, 0.1) is 0 Å². The van der Waals surface area contributed by atoms with Gasteiger partial charge in [0.1, 0.15) is 0 Å². The Morgan fingerprint density at radius 1 is 1.11 bits per heavy atom. The first kappa shape index (κ1) is 12.1. The molecule has 2 nitrogen and oxygen atoms in total. The molecule has 2 aromatic rings. The van der Waals surface area contributed by atoms with Crippen molar-refractivity contribution in [2.75, 3.05) is 0 Å². The summed E-state index contributed by atoms with van der Waals surface area (Å²) in [5.41, 5.74) is 6.20. The summed E-state index contributed by atoms with van der Waals surface area (Å²) < 4.78 is 2.11. The van der Waals surface area contributed by atoms with Gasteiger partial charge in [-0.3, -0.25) is 0 Å². The van der Waals surface area contributed by atoms with Crippen LogP contribution in [0.4, 0.5) is 5.69 Å². The Kier molecular flexibility index (Phi) is 3.43. The maximum absolute atomic E-state index is 4.60. The summed E-state index contributed by atoms with van der Waals surface area (Å²) in [6.45, 7) is 2.04. The van der Waals surface area contributed by atoms with Crippen LogP contribution in [0.2, 0.25) is 0 Å². The van der Waals surface area contributed by atoms with Crippen LogP contribution in [0.3, 0.4) is 0 Å². The molecule has 94 valence electrons. The molecular formula is C16H12FeN2. The molecule has 3 heteroatoms. The number of rotatable bonds is 3. The second kappa shape index (κ2) is 5.38. The Morgan fingerprint density at radius 3 is 2.79 bits per heavy atom. The zero-order valence-corrected chi connectivity index (χ0v) is 11.5. The quantitative estimate of drug-likeness (QED) is 0.413. The molecule has 19 heavy (non-hydrogen) atoms. The van der Waals surface area contributed by atoms with E-state index in [0.717, 1.165) is 41.1 Å². The zero-order valence-electron chi connectivity index (χ0n) is 10.4. The number of para-hydroxylation sites is 1. The molecule has 1 aliphatic carbocycles. The van der Waals surface area contributed by atoms with Crippen molar-refractivity contribution in [3.05, 3.63) is 59.5 Å². The van der Waals surface area contributed by atoms with Crippen LogP contribution in [0.1, 0.15) is 18.2 Å². The molecule has 0 amide bonds. The number of fused-ring (bicyclic) bond motifs is 1. The molecule has 3 rings (SSSR count). The summed E-state index contributed by atoms with van der Waals surface area (Å²) >= 11 is 0.774. The summed E-state index contributed by atoms with van der Waals surface area (Å²) in [6.07, 6.45) is 3.87. The molecule has 0 fully saturated rings. The van der Waals surface area contributed by atoms with Gasteiger partial charge in [0.15, 0.2) is 0 Å². The van der Waals surface area contributed by atoms with Crippen LogP contribution in [-0.2, 0) is 15.0 Å². The predicted molar refractivity (Wildman–Crippen MR) is 75.5 cm³/mol. The summed E-state index contributed by atoms with van der Waals surface area (Å²) in [6, 6.07) is 14.1. The van der Waals surface area contributed by atoms with Crippen molar-refractivity contribution in [3.63, 3.8) is 0 Å². The van der Waals surface area contributed by atoms with E-state index in [2.05, 4.69) is 27.8 Å². The number of pyridine rings is 1. The van der Waals surface area contributed by atoms with E-state index in [-0.39, 0.29) is 0 Å². The molecule has 0 aliphatic heterocycles. The van der Waals surface area contributed by atoms with Gasteiger partial charge in [-0.2, -0.15) is 0 Å². The van der Waals surface area contributed by atoms with Crippen molar-refractivity contribution < 1.29 is 15.0 Å². The van der Waals surface area contributed by atoms with Gasteiger partial charge in [-0.05, 0) is 0 Å². The van der Waals surface area contributed by atoms with Crippen molar-refractivity contribution in [1.29, 1.82) is 0 Å². The van der Waals surface area contributed by atoms with Gasteiger partial charge >= 0.3 is 118 Å².